The van der Waals surface area contributed by atoms with Crippen molar-refractivity contribution < 1.29 is 48.6 Å². The molecule has 0 aromatic rings. The number of nitrogens with one attached hydrogen (secondary N) is 5. The van der Waals surface area contributed by atoms with Gasteiger partial charge in [0, 0.05) is 12.3 Å². The summed E-state index contributed by atoms with van der Waals surface area (Å²) in [4.78, 5) is 102. The van der Waals surface area contributed by atoms with Crippen molar-refractivity contribution >= 4 is 60.3 Å². The molecule has 1 fully saturated rings. The Morgan fingerprint density at radius 1 is 0.840 bits per heavy atom. The van der Waals surface area contributed by atoms with Gasteiger partial charge in [-0.05, 0) is 44.4 Å². The zero-order valence-electron chi connectivity index (χ0n) is 29.2. The van der Waals surface area contributed by atoms with E-state index < -0.39 is 103 Å². The summed E-state index contributed by atoms with van der Waals surface area (Å²) in [6.07, 6.45) is -0.408. The number of hydrogen-bond donors (Lipinski definition) is 10. The first-order chi connectivity index (χ1) is 23.4. The molecule has 0 saturated carbocycles. The molecule has 18 nitrogen and oxygen atoms in total. The van der Waals surface area contributed by atoms with Gasteiger partial charge in [-0.25, -0.2) is 0 Å². The van der Waals surface area contributed by atoms with Crippen LogP contribution in [0.4, 0.5) is 0 Å². The third-order valence-corrected chi connectivity index (χ3v) is 8.20. The summed E-state index contributed by atoms with van der Waals surface area (Å²) >= 11 is 4.13. The zero-order valence-corrected chi connectivity index (χ0v) is 30.1. The Balaban J connectivity index is 3.01. The number of carbonyl (C=O) groups excluding carboxylic acids is 8. The molecule has 0 aromatic heterocycles. The molecule has 1 heterocycles. The Morgan fingerprint density at radius 3 is 1.88 bits per heavy atom. The zero-order chi connectivity index (χ0) is 38.3. The summed E-state index contributed by atoms with van der Waals surface area (Å²) < 4.78 is 0. The van der Waals surface area contributed by atoms with E-state index >= 15 is 0 Å². The number of nitrogens with two attached hydrogens (primary N) is 2. The smallest absolute Gasteiger partial charge is 0.248 e. The maximum Gasteiger partial charge on any atom is 0.248 e. The van der Waals surface area contributed by atoms with Crippen LogP contribution in [0.15, 0.2) is 0 Å². The molecule has 0 unspecified atom stereocenters. The summed E-state index contributed by atoms with van der Waals surface area (Å²) in [7, 11) is 0. The number of rotatable bonds is 21. The van der Waals surface area contributed by atoms with Crippen LogP contribution in [0, 0.1) is 11.8 Å². The minimum atomic E-state index is -1.64. The molecule has 19 heteroatoms. The fourth-order valence-electron chi connectivity index (χ4n) is 5.28. The summed E-state index contributed by atoms with van der Waals surface area (Å²) in [6, 6.07) is -8.75. The van der Waals surface area contributed by atoms with Crippen LogP contribution in [-0.4, -0.2) is 130 Å². The van der Waals surface area contributed by atoms with Gasteiger partial charge in [0.1, 0.15) is 36.5 Å². The lowest BCUT2D eigenvalue weighted by molar-refractivity contribution is -0.144. The molecule has 284 valence electrons. The average molecular weight is 731 g/mol. The lowest BCUT2D eigenvalue weighted by Crippen LogP contribution is -2.62. The molecule has 7 amide bonds. The van der Waals surface area contributed by atoms with Crippen LogP contribution in [0.3, 0.4) is 0 Å². The number of hydrogen-bond acceptors (Lipinski definition) is 12. The predicted molar refractivity (Wildman–Crippen MR) is 184 cm³/mol. The Hall–Kier alpha value is -3.81. The van der Waals surface area contributed by atoms with E-state index in [2.05, 4.69) is 39.2 Å². The highest BCUT2D eigenvalue weighted by molar-refractivity contribution is 7.80. The lowest BCUT2D eigenvalue weighted by Gasteiger charge is -2.31. The van der Waals surface area contributed by atoms with Gasteiger partial charge in [-0.2, -0.15) is 12.6 Å². The van der Waals surface area contributed by atoms with Crippen LogP contribution in [-0.2, 0) is 38.4 Å². The van der Waals surface area contributed by atoms with Crippen molar-refractivity contribution in [3.8, 4) is 0 Å². The number of carbonyl (C=O) groups is 8. The second kappa shape index (κ2) is 21.4. The first kappa shape index (κ1) is 44.2. The molecule has 0 aliphatic carbocycles. The van der Waals surface area contributed by atoms with E-state index in [4.69, 9.17) is 11.5 Å². The lowest BCUT2D eigenvalue weighted by atomic mass is 10.0. The molecule has 1 aliphatic heterocycles. The number of nitrogens with zero attached hydrogens (tertiary/aromatic N) is 1. The maximum atomic E-state index is 13.5. The number of aliphatic hydroxyl groups is 2. The van der Waals surface area contributed by atoms with E-state index in [1.54, 1.807) is 0 Å². The van der Waals surface area contributed by atoms with Crippen molar-refractivity contribution in [2.24, 2.45) is 23.3 Å². The molecule has 1 saturated heterocycles. The molecule has 8 atom stereocenters. The third-order valence-electron chi connectivity index (χ3n) is 7.83. The van der Waals surface area contributed by atoms with Crippen LogP contribution < -0.4 is 38.1 Å². The molecule has 1 rings (SSSR count). The Bertz CT molecular complexity index is 1220. The van der Waals surface area contributed by atoms with Gasteiger partial charge in [0.25, 0.3) is 0 Å². The van der Waals surface area contributed by atoms with Crippen molar-refractivity contribution in [3.63, 3.8) is 0 Å². The third kappa shape index (κ3) is 14.2. The number of primary amides is 1. The van der Waals surface area contributed by atoms with Gasteiger partial charge in [-0.15, -0.1) is 0 Å². The Morgan fingerprint density at radius 2 is 1.38 bits per heavy atom. The molecule has 50 heavy (non-hydrogen) atoms. The normalized spacial score (nSPS) is 18.5. The topological polar surface area (TPSA) is 292 Å². The van der Waals surface area contributed by atoms with Gasteiger partial charge in [0.15, 0.2) is 0 Å². The molecular formula is C31H54N8O10S. The van der Waals surface area contributed by atoms with E-state index in [0.717, 1.165) is 4.90 Å². The summed E-state index contributed by atoms with van der Waals surface area (Å²) in [6.45, 7) is 7.83. The van der Waals surface area contributed by atoms with Crippen LogP contribution in [0.1, 0.15) is 66.7 Å². The minimum absolute atomic E-state index is 0.0250. The van der Waals surface area contributed by atoms with Crippen molar-refractivity contribution in [2.75, 3.05) is 18.9 Å². The predicted octanol–water partition coefficient (Wildman–Crippen LogP) is -3.80. The molecule has 0 aromatic carbocycles. The monoisotopic (exact) mass is 730 g/mol. The Kier molecular flexibility index (Phi) is 18.9. The summed E-state index contributed by atoms with van der Waals surface area (Å²) in [5.74, 6) is -5.72. The highest BCUT2D eigenvalue weighted by atomic mass is 32.1. The SMILES string of the molecule is CC(C)C[C@H](NC(=O)[C@@H](N)CC(C)C)C(=O)N[C@@H](CS)C(=O)N[C@@H](CO)C(=O)N[C@H](C(=O)N1CCC[C@H]1C(=O)N[C@H](C=O)CC(N)=O)[C@@H](C)O. The van der Waals surface area contributed by atoms with Gasteiger partial charge < -0.3 is 58.0 Å². The molecule has 0 radical (unpaired) electrons. The number of aliphatic hydroxyl groups excluding tert-OH is 2. The standard InChI is InChI=1S/C31H54N8O10S/c1-15(2)9-19(32)26(44)35-20(10-16(3)4)27(45)37-22(14-50)29(47)36-21(13-41)28(46)38-25(17(5)42)31(49)39-8-6-7-23(39)30(48)34-18(12-40)11-24(33)43/h12,15-23,25,41-42,50H,6-11,13-14,32H2,1-5H3,(H2,33,43)(H,34,48)(H,35,44)(H,36,47)(H,37,45)(H,38,46)/t17-,18+,19+,20+,21+,22+,23+,25+/m1/s1. The molecule has 0 spiro atoms. The van der Waals surface area contributed by atoms with Crippen molar-refractivity contribution in [2.45, 2.75) is 115 Å². The van der Waals surface area contributed by atoms with Crippen LogP contribution in [0.5, 0.6) is 0 Å². The number of amides is 7. The Labute approximate surface area is 297 Å². The fourth-order valence-corrected chi connectivity index (χ4v) is 5.54. The van der Waals surface area contributed by atoms with Crippen LogP contribution >= 0.6 is 12.6 Å². The second-order valence-corrected chi connectivity index (χ2v) is 13.6. The molecule has 11 N–H and O–H groups in total. The van der Waals surface area contributed by atoms with E-state index in [9.17, 15) is 48.6 Å². The van der Waals surface area contributed by atoms with Gasteiger partial charge >= 0.3 is 0 Å². The van der Waals surface area contributed by atoms with E-state index in [-0.39, 0.29) is 37.0 Å². The summed E-state index contributed by atoms with van der Waals surface area (Å²) in [5.41, 5.74) is 11.1. The molecular weight excluding hydrogens is 676 g/mol. The average Bonchev–Trinajstić information content (AvgIpc) is 3.53. The first-order valence-corrected chi connectivity index (χ1v) is 17.2. The fraction of sp³-hybridized carbons (Fsp3) is 0.742. The van der Waals surface area contributed by atoms with Gasteiger partial charge in [-0.1, -0.05) is 27.7 Å². The maximum absolute atomic E-state index is 13.5. The van der Waals surface area contributed by atoms with Crippen LogP contribution in [0.2, 0.25) is 0 Å². The minimum Gasteiger partial charge on any atom is -0.394 e. The first-order valence-electron chi connectivity index (χ1n) is 16.6. The van der Waals surface area contributed by atoms with Crippen molar-refractivity contribution in [1.29, 1.82) is 0 Å². The van der Waals surface area contributed by atoms with E-state index in [1.807, 2.05) is 27.7 Å². The second-order valence-electron chi connectivity index (χ2n) is 13.3. The molecule has 1 aliphatic rings. The summed E-state index contributed by atoms with van der Waals surface area (Å²) in [5, 5.41) is 32.4. The van der Waals surface area contributed by atoms with Crippen molar-refractivity contribution in [1.82, 2.24) is 31.5 Å². The molecule has 0 bridgehead atoms. The quantitative estimate of drug-likeness (QED) is 0.0404. The van der Waals surface area contributed by atoms with Crippen molar-refractivity contribution in [3.05, 3.63) is 0 Å². The highest BCUT2D eigenvalue weighted by Crippen LogP contribution is 2.20. The number of aldehydes is 1. The highest BCUT2D eigenvalue weighted by Gasteiger charge is 2.40. The number of thiol groups is 1. The van der Waals surface area contributed by atoms with Gasteiger partial charge in [0.2, 0.25) is 41.4 Å². The van der Waals surface area contributed by atoms with E-state index in [1.165, 1.54) is 6.92 Å². The van der Waals surface area contributed by atoms with Gasteiger partial charge in [0.05, 0.1) is 31.2 Å². The largest absolute Gasteiger partial charge is 0.394 e. The number of likely N-dealkylation sites (tertiary alicyclic amines) is 1. The van der Waals surface area contributed by atoms with E-state index in [0.29, 0.717) is 19.1 Å². The van der Waals surface area contributed by atoms with Gasteiger partial charge in [-0.3, -0.25) is 33.6 Å². The van der Waals surface area contributed by atoms with Crippen LogP contribution in [0.25, 0.3) is 0 Å².